The first-order valence-corrected chi connectivity index (χ1v) is 11.6. The van der Waals surface area contributed by atoms with E-state index in [2.05, 4.69) is 12.2 Å². The van der Waals surface area contributed by atoms with Crippen LogP contribution in [-0.2, 0) is 0 Å². The summed E-state index contributed by atoms with van der Waals surface area (Å²) in [5.74, 6) is 0. The van der Waals surface area contributed by atoms with Crippen molar-refractivity contribution in [1.82, 2.24) is 0 Å². The van der Waals surface area contributed by atoms with E-state index in [1.807, 2.05) is 30.3 Å². The van der Waals surface area contributed by atoms with Crippen LogP contribution in [-0.4, -0.2) is 35.0 Å². The van der Waals surface area contributed by atoms with Crippen molar-refractivity contribution < 1.29 is 10.2 Å². The lowest BCUT2D eigenvalue weighted by Crippen LogP contribution is -2.47. The molecule has 1 aromatic rings. The van der Waals surface area contributed by atoms with E-state index >= 15 is 0 Å². The first-order valence-electron chi connectivity index (χ1n) is 11.6. The van der Waals surface area contributed by atoms with Crippen molar-refractivity contribution in [3.8, 4) is 0 Å². The van der Waals surface area contributed by atoms with Gasteiger partial charge in [0.15, 0.2) is 0 Å². The van der Waals surface area contributed by atoms with E-state index in [1.54, 1.807) is 0 Å². The smallest absolute Gasteiger partial charge is 0.0966 e. The van der Waals surface area contributed by atoms with E-state index in [0.717, 1.165) is 18.5 Å². The maximum absolute atomic E-state index is 10.2. The summed E-state index contributed by atoms with van der Waals surface area (Å²) in [5, 5.41) is 23.6. The number of hydrogen-bond acceptors (Lipinski definition) is 4. The molecule has 1 rings (SSSR count). The Kier molecular flexibility index (Phi) is 15.0. The lowest BCUT2D eigenvalue weighted by atomic mass is 9.99. The van der Waals surface area contributed by atoms with E-state index in [4.69, 9.17) is 5.73 Å². The molecule has 3 atom stereocenters. The lowest BCUT2D eigenvalue weighted by molar-refractivity contribution is 0.000745. The lowest BCUT2D eigenvalue weighted by Gasteiger charge is -2.24. The number of aliphatic hydroxyl groups is 2. The molecular weight excluding hydrogens is 348 g/mol. The highest BCUT2D eigenvalue weighted by atomic mass is 16.3. The van der Waals surface area contributed by atoms with E-state index in [0.29, 0.717) is 13.0 Å². The summed E-state index contributed by atoms with van der Waals surface area (Å²) in [6.07, 6.45) is 14.5. The molecule has 0 aromatic heterocycles. The Morgan fingerprint density at radius 3 is 1.82 bits per heavy atom. The zero-order valence-corrected chi connectivity index (χ0v) is 18.0. The van der Waals surface area contributed by atoms with Gasteiger partial charge in [0.1, 0.15) is 0 Å². The summed E-state index contributed by atoms with van der Waals surface area (Å²) in [6, 6.07) is 9.30. The molecule has 0 saturated carbocycles. The number of anilines is 1. The molecule has 0 spiro atoms. The van der Waals surface area contributed by atoms with Crippen molar-refractivity contribution >= 4 is 5.69 Å². The molecule has 5 N–H and O–H groups in total. The van der Waals surface area contributed by atoms with Crippen molar-refractivity contribution in [3.05, 3.63) is 30.3 Å². The van der Waals surface area contributed by atoms with Crippen molar-refractivity contribution in [2.75, 3.05) is 11.9 Å². The van der Waals surface area contributed by atoms with E-state index in [-0.39, 0.29) is 0 Å². The number of para-hydroxylation sites is 1. The normalized spacial score (nSPS) is 14.6. The fourth-order valence-electron chi connectivity index (χ4n) is 3.56. The Hall–Kier alpha value is -1.10. The number of benzene rings is 1. The van der Waals surface area contributed by atoms with Gasteiger partial charge in [0.2, 0.25) is 0 Å². The van der Waals surface area contributed by atoms with Gasteiger partial charge in [-0.3, -0.25) is 0 Å². The predicted molar refractivity (Wildman–Crippen MR) is 121 cm³/mol. The number of nitrogens with two attached hydrogens (primary N) is 1. The quantitative estimate of drug-likeness (QED) is 0.258. The fraction of sp³-hybridized carbons (Fsp3) is 0.750. The minimum absolute atomic E-state index is 0.445. The maximum Gasteiger partial charge on any atom is 0.0966 e. The Balaban J connectivity index is 1.96. The van der Waals surface area contributed by atoms with Gasteiger partial charge in [0.05, 0.1) is 18.2 Å². The molecule has 0 heterocycles. The van der Waals surface area contributed by atoms with Gasteiger partial charge in [-0.25, -0.2) is 0 Å². The standard InChI is InChI=1S/C24H44N2O2/c1-2-3-4-5-6-7-8-9-10-11-12-16-19-23(27)24(28)22(25)20-26-21-17-14-13-15-18-21/h13-15,17-18,22-24,26-28H,2-12,16,19-20,25H2,1H3/t22-,23+,24-/m0/s1. The van der Waals surface area contributed by atoms with Gasteiger partial charge in [-0.2, -0.15) is 0 Å². The minimum atomic E-state index is -0.885. The summed E-state index contributed by atoms with van der Waals surface area (Å²) in [6.45, 7) is 2.71. The molecule has 4 nitrogen and oxygen atoms in total. The predicted octanol–water partition coefficient (Wildman–Crippen LogP) is 5.24. The summed E-state index contributed by atoms with van der Waals surface area (Å²) in [5.41, 5.74) is 7.00. The molecule has 0 fully saturated rings. The van der Waals surface area contributed by atoms with Crippen LogP contribution in [0.3, 0.4) is 0 Å². The molecule has 0 amide bonds. The van der Waals surface area contributed by atoms with Gasteiger partial charge in [0, 0.05) is 12.2 Å². The molecule has 1 aromatic carbocycles. The van der Waals surface area contributed by atoms with Crippen LogP contribution in [0.5, 0.6) is 0 Å². The molecule has 0 aliphatic rings. The number of aliphatic hydroxyl groups excluding tert-OH is 2. The van der Waals surface area contributed by atoms with Crippen LogP contribution in [0.15, 0.2) is 30.3 Å². The van der Waals surface area contributed by atoms with Crippen LogP contribution in [0.2, 0.25) is 0 Å². The van der Waals surface area contributed by atoms with Crippen molar-refractivity contribution in [2.45, 2.75) is 109 Å². The molecule has 4 heteroatoms. The molecule has 0 saturated heterocycles. The van der Waals surface area contributed by atoms with E-state index in [9.17, 15) is 10.2 Å². The summed E-state index contributed by atoms with van der Waals surface area (Å²) in [7, 11) is 0. The van der Waals surface area contributed by atoms with Gasteiger partial charge in [-0.15, -0.1) is 0 Å². The highest BCUT2D eigenvalue weighted by molar-refractivity contribution is 5.42. The summed E-state index contributed by atoms with van der Waals surface area (Å²) in [4.78, 5) is 0. The molecular formula is C24H44N2O2. The van der Waals surface area contributed by atoms with Crippen LogP contribution in [0.1, 0.15) is 90.4 Å². The van der Waals surface area contributed by atoms with Gasteiger partial charge < -0.3 is 21.3 Å². The van der Waals surface area contributed by atoms with Crippen molar-refractivity contribution in [3.63, 3.8) is 0 Å². The van der Waals surface area contributed by atoms with E-state index in [1.165, 1.54) is 64.2 Å². The Bertz CT molecular complexity index is 455. The van der Waals surface area contributed by atoms with Crippen LogP contribution in [0.4, 0.5) is 5.69 Å². The van der Waals surface area contributed by atoms with Gasteiger partial charge in [0.25, 0.3) is 0 Å². The Labute approximate surface area is 172 Å². The van der Waals surface area contributed by atoms with Crippen molar-refractivity contribution in [1.29, 1.82) is 0 Å². The molecule has 0 radical (unpaired) electrons. The minimum Gasteiger partial charge on any atom is -0.390 e. The average molecular weight is 393 g/mol. The second-order valence-corrected chi connectivity index (χ2v) is 8.15. The number of unbranched alkanes of at least 4 members (excludes halogenated alkanes) is 11. The molecule has 28 heavy (non-hydrogen) atoms. The first-order chi connectivity index (χ1) is 13.6. The highest BCUT2D eigenvalue weighted by Crippen LogP contribution is 2.14. The Morgan fingerprint density at radius 2 is 1.29 bits per heavy atom. The van der Waals surface area contributed by atoms with Crippen LogP contribution < -0.4 is 11.1 Å². The SMILES string of the molecule is CCCCCCCCCCCCCC[C@@H](O)[C@@H](O)[C@@H](N)CNc1ccccc1. The number of nitrogens with one attached hydrogen (secondary N) is 1. The van der Waals surface area contributed by atoms with Crippen LogP contribution in [0.25, 0.3) is 0 Å². The summed E-state index contributed by atoms with van der Waals surface area (Å²) < 4.78 is 0. The second-order valence-electron chi connectivity index (χ2n) is 8.15. The van der Waals surface area contributed by atoms with Crippen LogP contribution in [0, 0.1) is 0 Å². The largest absolute Gasteiger partial charge is 0.390 e. The molecule has 162 valence electrons. The average Bonchev–Trinajstić information content (AvgIpc) is 2.72. The topological polar surface area (TPSA) is 78.5 Å². The third kappa shape index (κ3) is 12.4. The third-order valence-electron chi connectivity index (χ3n) is 5.50. The number of rotatable bonds is 18. The van der Waals surface area contributed by atoms with Gasteiger partial charge >= 0.3 is 0 Å². The second kappa shape index (κ2) is 16.8. The number of hydrogen-bond donors (Lipinski definition) is 4. The fourth-order valence-corrected chi connectivity index (χ4v) is 3.56. The zero-order chi connectivity index (χ0) is 20.5. The third-order valence-corrected chi connectivity index (χ3v) is 5.50. The molecule has 0 unspecified atom stereocenters. The van der Waals surface area contributed by atoms with E-state index < -0.39 is 18.2 Å². The van der Waals surface area contributed by atoms with Gasteiger partial charge in [-0.05, 0) is 18.6 Å². The zero-order valence-electron chi connectivity index (χ0n) is 18.0. The molecule has 0 aliphatic carbocycles. The first kappa shape index (κ1) is 24.9. The maximum atomic E-state index is 10.2. The highest BCUT2D eigenvalue weighted by Gasteiger charge is 2.22. The van der Waals surface area contributed by atoms with Crippen molar-refractivity contribution in [2.24, 2.45) is 5.73 Å². The Morgan fingerprint density at radius 1 is 0.786 bits per heavy atom. The van der Waals surface area contributed by atoms with Gasteiger partial charge in [-0.1, -0.05) is 102 Å². The van der Waals surface area contributed by atoms with Crippen LogP contribution >= 0.6 is 0 Å². The molecule has 0 aliphatic heterocycles. The monoisotopic (exact) mass is 392 g/mol. The molecule has 0 bridgehead atoms. The summed E-state index contributed by atoms with van der Waals surface area (Å²) >= 11 is 0.